The number of aryl methyl sites for hydroxylation is 1. The number of nitrogens with zero attached hydrogens (tertiary/aromatic N) is 1. The van der Waals surface area contributed by atoms with E-state index in [0.717, 1.165) is 0 Å². The molecule has 7 nitrogen and oxygen atoms in total. The third kappa shape index (κ3) is 6.82. The van der Waals surface area contributed by atoms with E-state index in [1.165, 1.54) is 12.1 Å². The fraction of sp³-hybridized carbons (Fsp3) is 0.579. The van der Waals surface area contributed by atoms with Crippen LogP contribution in [0.5, 0.6) is 0 Å². The summed E-state index contributed by atoms with van der Waals surface area (Å²) in [6.45, 7) is 10.8. The summed E-state index contributed by atoms with van der Waals surface area (Å²) in [6, 6.07) is 2.99. The zero-order valence-electron chi connectivity index (χ0n) is 16.3. The van der Waals surface area contributed by atoms with Crippen LogP contribution in [0.25, 0.3) is 0 Å². The van der Waals surface area contributed by atoms with E-state index in [4.69, 9.17) is 4.74 Å². The Bertz CT molecular complexity index is 677. The van der Waals surface area contributed by atoms with Crippen LogP contribution in [-0.4, -0.2) is 33.5 Å². The van der Waals surface area contributed by atoms with Crippen molar-refractivity contribution in [2.45, 2.75) is 65.9 Å². The van der Waals surface area contributed by atoms with Crippen molar-refractivity contribution in [1.82, 2.24) is 4.98 Å². The number of hydrogen-bond donors (Lipinski definition) is 2. The summed E-state index contributed by atoms with van der Waals surface area (Å²) in [7, 11) is 0. The summed E-state index contributed by atoms with van der Waals surface area (Å²) in [6.07, 6.45) is 0.180. The Morgan fingerprint density at radius 3 is 2.31 bits per heavy atom. The second-order valence-electron chi connectivity index (χ2n) is 7.67. The molecule has 0 saturated heterocycles. The van der Waals surface area contributed by atoms with E-state index in [-0.39, 0.29) is 18.0 Å². The number of nitrogens with one attached hydrogen (secondary N) is 1. The highest BCUT2D eigenvalue weighted by atomic mass is 16.6. The van der Waals surface area contributed by atoms with Gasteiger partial charge in [0.05, 0.1) is 0 Å². The van der Waals surface area contributed by atoms with Crippen molar-refractivity contribution in [1.29, 1.82) is 0 Å². The van der Waals surface area contributed by atoms with Crippen molar-refractivity contribution in [2.75, 3.05) is 5.32 Å². The van der Waals surface area contributed by atoms with Gasteiger partial charge in [0.25, 0.3) is 0 Å². The van der Waals surface area contributed by atoms with E-state index in [0.29, 0.717) is 23.6 Å². The molecule has 1 heterocycles. The fourth-order valence-electron chi connectivity index (χ4n) is 2.37. The zero-order chi connectivity index (χ0) is 20.1. The number of hydrogen-bond acceptors (Lipinski definition) is 5. The molecule has 26 heavy (non-hydrogen) atoms. The number of carboxylic acid groups (broad SMARTS) is 1. The first kappa shape index (κ1) is 21.6. The number of amides is 1. The largest absolute Gasteiger partial charge is 0.480 e. The van der Waals surface area contributed by atoms with Crippen LogP contribution in [0.2, 0.25) is 0 Å². The maximum atomic E-state index is 12.4. The molecule has 0 spiro atoms. The third-order valence-corrected chi connectivity index (χ3v) is 3.60. The summed E-state index contributed by atoms with van der Waals surface area (Å²) < 4.78 is 5.15. The van der Waals surface area contributed by atoms with Gasteiger partial charge in [-0.05, 0) is 51.7 Å². The number of Topliss-reactive ketones (excluding diaryl/α,β-unsaturated/α-hetero) is 1. The molecule has 1 atom stereocenters. The Balaban J connectivity index is 2.97. The normalized spacial score (nSPS) is 12.6. The lowest BCUT2D eigenvalue weighted by molar-refractivity contribution is -0.142. The summed E-state index contributed by atoms with van der Waals surface area (Å²) in [4.78, 5) is 40.0. The summed E-state index contributed by atoms with van der Waals surface area (Å²) >= 11 is 0. The van der Waals surface area contributed by atoms with Crippen LogP contribution in [-0.2, 0) is 14.3 Å². The first-order valence-corrected chi connectivity index (χ1v) is 8.63. The van der Waals surface area contributed by atoms with Gasteiger partial charge in [-0.15, -0.1) is 0 Å². The highest BCUT2D eigenvalue weighted by Gasteiger charge is 2.30. The van der Waals surface area contributed by atoms with Gasteiger partial charge < -0.3 is 9.84 Å². The number of ether oxygens (including phenoxy) is 1. The topological polar surface area (TPSA) is 106 Å². The molecule has 7 heteroatoms. The molecular formula is C19H28N2O5. The predicted octanol–water partition coefficient (Wildman–Crippen LogP) is 3.91. The summed E-state index contributed by atoms with van der Waals surface area (Å²) in [5.74, 6) is -2.25. The molecule has 0 aliphatic carbocycles. The SMILES string of the molecule is Cc1nc(NC(=O)OC(C)(C)C)ccc1C(C(=O)O)C(=O)CCC(C)C. The third-order valence-electron chi connectivity index (χ3n) is 3.60. The van der Waals surface area contributed by atoms with Crippen LogP contribution in [0.4, 0.5) is 10.6 Å². The molecule has 144 valence electrons. The van der Waals surface area contributed by atoms with Gasteiger partial charge in [-0.3, -0.25) is 14.9 Å². The lowest BCUT2D eigenvalue weighted by Gasteiger charge is -2.20. The average Bonchev–Trinajstić information content (AvgIpc) is 2.45. The fourth-order valence-corrected chi connectivity index (χ4v) is 2.37. The van der Waals surface area contributed by atoms with Crippen molar-refractivity contribution < 1.29 is 24.2 Å². The number of anilines is 1. The molecule has 0 aliphatic heterocycles. The monoisotopic (exact) mass is 364 g/mol. The lowest BCUT2D eigenvalue weighted by Crippen LogP contribution is -2.28. The minimum atomic E-state index is -1.25. The summed E-state index contributed by atoms with van der Waals surface area (Å²) in [5.41, 5.74) is 0.0703. The van der Waals surface area contributed by atoms with Gasteiger partial charge in [0.15, 0.2) is 5.78 Å². The maximum Gasteiger partial charge on any atom is 0.413 e. The van der Waals surface area contributed by atoms with Crippen molar-refractivity contribution in [3.05, 3.63) is 23.4 Å². The molecule has 1 aromatic rings. The minimum absolute atomic E-state index is 0.200. The lowest BCUT2D eigenvalue weighted by atomic mass is 9.90. The van der Waals surface area contributed by atoms with Crippen LogP contribution in [0.3, 0.4) is 0 Å². The molecule has 0 aromatic carbocycles. The molecule has 0 fully saturated rings. The van der Waals surface area contributed by atoms with E-state index in [1.807, 2.05) is 13.8 Å². The Hall–Kier alpha value is -2.44. The molecule has 1 rings (SSSR count). The van der Waals surface area contributed by atoms with E-state index < -0.39 is 23.6 Å². The molecular weight excluding hydrogens is 336 g/mol. The van der Waals surface area contributed by atoms with Gasteiger partial charge in [-0.2, -0.15) is 0 Å². The number of carboxylic acids is 1. The van der Waals surface area contributed by atoms with Crippen molar-refractivity contribution in [2.24, 2.45) is 5.92 Å². The second kappa shape index (κ2) is 8.78. The molecule has 1 unspecified atom stereocenters. The molecule has 1 aromatic heterocycles. The van der Waals surface area contributed by atoms with Gasteiger partial charge in [0.2, 0.25) is 0 Å². The highest BCUT2D eigenvalue weighted by Crippen LogP contribution is 2.24. The first-order valence-electron chi connectivity index (χ1n) is 8.63. The van der Waals surface area contributed by atoms with Crippen LogP contribution in [0.15, 0.2) is 12.1 Å². The van der Waals surface area contributed by atoms with Gasteiger partial charge in [0, 0.05) is 12.1 Å². The number of ketones is 1. The van der Waals surface area contributed by atoms with Crippen LogP contribution in [0.1, 0.15) is 64.6 Å². The van der Waals surface area contributed by atoms with Gasteiger partial charge in [-0.25, -0.2) is 9.78 Å². The molecule has 0 aliphatic rings. The minimum Gasteiger partial charge on any atom is -0.480 e. The first-order chi connectivity index (χ1) is 11.9. The van der Waals surface area contributed by atoms with Gasteiger partial charge in [0.1, 0.15) is 17.3 Å². The van der Waals surface area contributed by atoms with Crippen LogP contribution < -0.4 is 5.32 Å². The molecule has 1 amide bonds. The molecule has 0 bridgehead atoms. The standard InChI is InChI=1S/C19H28N2O5/c1-11(2)7-9-14(22)16(17(23)24)13-8-10-15(20-12(13)3)21-18(25)26-19(4,5)6/h8,10-11,16H,7,9H2,1-6H3,(H,23,24)(H,20,21,25). The number of aliphatic carboxylic acids is 1. The number of rotatable bonds is 7. The Morgan fingerprint density at radius 2 is 1.85 bits per heavy atom. The van der Waals surface area contributed by atoms with E-state index in [9.17, 15) is 19.5 Å². The quantitative estimate of drug-likeness (QED) is 0.711. The second-order valence-corrected chi connectivity index (χ2v) is 7.67. The highest BCUT2D eigenvalue weighted by molar-refractivity contribution is 6.04. The van der Waals surface area contributed by atoms with Crippen LogP contribution >= 0.6 is 0 Å². The smallest absolute Gasteiger partial charge is 0.413 e. The Kier molecular flexibility index (Phi) is 7.29. The summed E-state index contributed by atoms with van der Waals surface area (Å²) in [5, 5.41) is 12.0. The van der Waals surface area contributed by atoms with E-state index in [2.05, 4.69) is 10.3 Å². The maximum absolute atomic E-state index is 12.4. The number of pyridine rings is 1. The molecule has 0 saturated carbocycles. The van der Waals surface area contributed by atoms with Crippen molar-refractivity contribution in [3.8, 4) is 0 Å². The average molecular weight is 364 g/mol. The zero-order valence-corrected chi connectivity index (χ0v) is 16.3. The van der Waals surface area contributed by atoms with Crippen molar-refractivity contribution in [3.63, 3.8) is 0 Å². The van der Waals surface area contributed by atoms with E-state index >= 15 is 0 Å². The van der Waals surface area contributed by atoms with Crippen molar-refractivity contribution >= 4 is 23.7 Å². The Morgan fingerprint density at radius 1 is 1.23 bits per heavy atom. The Labute approximate surface area is 154 Å². The predicted molar refractivity (Wildman–Crippen MR) is 98.3 cm³/mol. The number of carbonyl (C=O) groups is 3. The molecule has 2 N–H and O–H groups in total. The van der Waals surface area contributed by atoms with Gasteiger partial charge >= 0.3 is 12.1 Å². The van der Waals surface area contributed by atoms with Crippen LogP contribution in [0, 0.1) is 12.8 Å². The number of aromatic nitrogens is 1. The van der Waals surface area contributed by atoms with Gasteiger partial charge in [-0.1, -0.05) is 19.9 Å². The number of carbonyl (C=O) groups excluding carboxylic acids is 2. The van der Waals surface area contributed by atoms with E-state index in [1.54, 1.807) is 27.7 Å². The molecule has 0 radical (unpaired) electrons.